The van der Waals surface area contributed by atoms with Gasteiger partial charge in [0, 0.05) is 16.4 Å². The summed E-state index contributed by atoms with van der Waals surface area (Å²) in [4.78, 5) is 12.4. The van der Waals surface area contributed by atoms with Crippen molar-refractivity contribution in [2.24, 2.45) is 0 Å². The first-order chi connectivity index (χ1) is 12.5. The number of rotatable bonds is 6. The molecule has 0 aliphatic heterocycles. The van der Waals surface area contributed by atoms with Crippen molar-refractivity contribution in [1.29, 1.82) is 0 Å². The molecule has 0 radical (unpaired) electrons. The van der Waals surface area contributed by atoms with E-state index in [4.69, 9.17) is 11.6 Å². The standard InChI is InChI=1S/C18H17ClN4OS2/c1-11-14(19)9-6-10-15(11)21-16(24)12(2)25-18-23-22-17(26-18)20-13-7-4-3-5-8-13/h3-10,12H,1-2H3,(H,20,22)(H,21,24)/t12-/m0/s1. The van der Waals surface area contributed by atoms with E-state index >= 15 is 0 Å². The molecule has 26 heavy (non-hydrogen) atoms. The minimum Gasteiger partial charge on any atom is -0.330 e. The smallest absolute Gasteiger partial charge is 0.237 e. The maximum absolute atomic E-state index is 12.4. The van der Waals surface area contributed by atoms with Gasteiger partial charge in [-0.2, -0.15) is 0 Å². The minimum absolute atomic E-state index is 0.104. The van der Waals surface area contributed by atoms with Crippen LogP contribution in [0.2, 0.25) is 5.02 Å². The van der Waals surface area contributed by atoms with E-state index in [0.717, 1.165) is 21.3 Å². The summed E-state index contributed by atoms with van der Waals surface area (Å²) >= 11 is 8.88. The summed E-state index contributed by atoms with van der Waals surface area (Å²) in [7, 11) is 0. The number of aromatic nitrogens is 2. The third kappa shape index (κ3) is 4.75. The fraction of sp³-hybridized carbons (Fsp3) is 0.167. The fourth-order valence-electron chi connectivity index (χ4n) is 2.13. The number of anilines is 3. The van der Waals surface area contributed by atoms with Gasteiger partial charge in [-0.15, -0.1) is 10.2 Å². The molecule has 0 saturated carbocycles. The van der Waals surface area contributed by atoms with Crippen molar-refractivity contribution in [2.75, 3.05) is 10.6 Å². The largest absolute Gasteiger partial charge is 0.330 e. The summed E-state index contributed by atoms with van der Waals surface area (Å²) in [6, 6.07) is 15.2. The van der Waals surface area contributed by atoms with E-state index in [2.05, 4.69) is 20.8 Å². The van der Waals surface area contributed by atoms with Crippen LogP contribution in [0, 0.1) is 6.92 Å². The predicted molar refractivity (Wildman–Crippen MR) is 110 cm³/mol. The lowest BCUT2D eigenvalue weighted by atomic mass is 10.2. The molecule has 0 fully saturated rings. The van der Waals surface area contributed by atoms with Gasteiger partial charge >= 0.3 is 0 Å². The van der Waals surface area contributed by atoms with Crippen LogP contribution in [-0.4, -0.2) is 21.4 Å². The second-order valence-electron chi connectivity index (χ2n) is 5.53. The first-order valence-electron chi connectivity index (χ1n) is 7.91. The van der Waals surface area contributed by atoms with Gasteiger partial charge in [0.05, 0.1) is 5.25 Å². The van der Waals surface area contributed by atoms with Crippen LogP contribution in [0.3, 0.4) is 0 Å². The molecule has 3 aromatic rings. The second-order valence-corrected chi connectivity index (χ2v) is 8.50. The van der Waals surface area contributed by atoms with Gasteiger partial charge in [0.2, 0.25) is 11.0 Å². The highest BCUT2D eigenvalue weighted by molar-refractivity contribution is 8.02. The van der Waals surface area contributed by atoms with Crippen molar-refractivity contribution in [3.63, 3.8) is 0 Å². The van der Waals surface area contributed by atoms with Crippen LogP contribution in [0.1, 0.15) is 12.5 Å². The number of amides is 1. The van der Waals surface area contributed by atoms with Gasteiger partial charge in [-0.3, -0.25) is 4.79 Å². The number of para-hydroxylation sites is 1. The predicted octanol–water partition coefficient (Wildman–Crippen LogP) is 5.36. The molecule has 8 heteroatoms. The molecule has 0 aliphatic rings. The van der Waals surface area contributed by atoms with Crippen molar-refractivity contribution in [1.82, 2.24) is 10.2 Å². The number of halogens is 1. The Balaban J connectivity index is 1.60. The minimum atomic E-state index is -0.314. The second kappa shape index (κ2) is 8.53. The number of hydrogen-bond acceptors (Lipinski definition) is 6. The van der Waals surface area contributed by atoms with Crippen molar-refractivity contribution in [2.45, 2.75) is 23.4 Å². The molecule has 134 valence electrons. The number of thioether (sulfide) groups is 1. The molecular weight excluding hydrogens is 388 g/mol. The topological polar surface area (TPSA) is 66.9 Å². The van der Waals surface area contributed by atoms with E-state index in [9.17, 15) is 4.79 Å². The molecule has 0 saturated heterocycles. The SMILES string of the molecule is Cc1c(Cl)cccc1NC(=O)[C@H](C)Sc1nnc(Nc2ccccc2)s1. The Hall–Kier alpha value is -2.09. The van der Waals surface area contributed by atoms with Crippen LogP contribution in [0.25, 0.3) is 0 Å². The Bertz CT molecular complexity index is 901. The molecule has 1 amide bonds. The van der Waals surface area contributed by atoms with E-state index in [0.29, 0.717) is 10.2 Å². The normalized spacial score (nSPS) is 11.8. The highest BCUT2D eigenvalue weighted by Gasteiger charge is 2.18. The van der Waals surface area contributed by atoms with Crippen molar-refractivity contribution in [3.8, 4) is 0 Å². The maximum atomic E-state index is 12.4. The number of benzene rings is 2. The first kappa shape index (κ1) is 18.7. The van der Waals surface area contributed by atoms with Gasteiger partial charge in [0.25, 0.3) is 0 Å². The molecule has 0 aliphatic carbocycles. The Morgan fingerprint density at radius 2 is 1.92 bits per heavy atom. The molecule has 1 atom stereocenters. The molecule has 1 aromatic heterocycles. The van der Waals surface area contributed by atoms with Gasteiger partial charge in [-0.05, 0) is 43.7 Å². The Labute approximate surface area is 165 Å². The summed E-state index contributed by atoms with van der Waals surface area (Å²) in [6.45, 7) is 3.72. The number of carbonyl (C=O) groups excluding carboxylic acids is 1. The Kier molecular flexibility index (Phi) is 6.13. The van der Waals surface area contributed by atoms with Crippen LogP contribution in [0.4, 0.5) is 16.5 Å². The van der Waals surface area contributed by atoms with Crippen molar-refractivity contribution < 1.29 is 4.79 Å². The monoisotopic (exact) mass is 404 g/mol. The van der Waals surface area contributed by atoms with Gasteiger partial charge in [0.15, 0.2) is 4.34 Å². The molecular formula is C18H17ClN4OS2. The van der Waals surface area contributed by atoms with Crippen LogP contribution >= 0.6 is 34.7 Å². The van der Waals surface area contributed by atoms with E-state index < -0.39 is 0 Å². The average Bonchev–Trinajstić information content (AvgIpc) is 3.06. The van der Waals surface area contributed by atoms with Gasteiger partial charge in [-0.25, -0.2) is 0 Å². The Morgan fingerprint density at radius 3 is 2.69 bits per heavy atom. The lowest BCUT2D eigenvalue weighted by Crippen LogP contribution is -2.22. The first-order valence-corrected chi connectivity index (χ1v) is 9.98. The Morgan fingerprint density at radius 1 is 1.15 bits per heavy atom. The van der Waals surface area contributed by atoms with Crippen molar-refractivity contribution in [3.05, 3.63) is 59.1 Å². The zero-order chi connectivity index (χ0) is 18.5. The summed E-state index contributed by atoms with van der Waals surface area (Å²) in [5, 5.41) is 15.4. The van der Waals surface area contributed by atoms with E-state index in [-0.39, 0.29) is 11.2 Å². The molecule has 0 bridgehead atoms. The third-order valence-corrected chi connectivity index (χ3v) is 6.04. The molecule has 1 heterocycles. The van der Waals surface area contributed by atoms with Crippen LogP contribution in [0.5, 0.6) is 0 Å². The fourth-order valence-corrected chi connectivity index (χ4v) is 4.23. The average molecular weight is 405 g/mol. The lowest BCUT2D eigenvalue weighted by molar-refractivity contribution is -0.115. The third-order valence-electron chi connectivity index (χ3n) is 3.60. The summed E-state index contributed by atoms with van der Waals surface area (Å²) in [6.07, 6.45) is 0. The molecule has 2 N–H and O–H groups in total. The van der Waals surface area contributed by atoms with Crippen molar-refractivity contribution >= 4 is 57.1 Å². The van der Waals surface area contributed by atoms with Crippen LogP contribution in [0.15, 0.2) is 52.9 Å². The lowest BCUT2D eigenvalue weighted by Gasteiger charge is -2.12. The van der Waals surface area contributed by atoms with Gasteiger partial charge in [0.1, 0.15) is 0 Å². The highest BCUT2D eigenvalue weighted by Crippen LogP contribution is 2.31. The van der Waals surface area contributed by atoms with E-state index in [1.807, 2.05) is 56.3 Å². The molecule has 0 spiro atoms. The van der Waals surface area contributed by atoms with Crippen LogP contribution in [-0.2, 0) is 4.79 Å². The summed E-state index contributed by atoms with van der Waals surface area (Å²) < 4.78 is 0.730. The number of nitrogens with one attached hydrogen (secondary N) is 2. The number of nitrogens with zero attached hydrogens (tertiary/aromatic N) is 2. The van der Waals surface area contributed by atoms with Gasteiger partial charge < -0.3 is 10.6 Å². The van der Waals surface area contributed by atoms with E-state index in [1.54, 1.807) is 6.07 Å². The molecule has 3 rings (SSSR count). The maximum Gasteiger partial charge on any atom is 0.237 e. The van der Waals surface area contributed by atoms with Gasteiger partial charge in [-0.1, -0.05) is 59.0 Å². The molecule has 2 aromatic carbocycles. The molecule has 5 nitrogen and oxygen atoms in total. The zero-order valence-corrected chi connectivity index (χ0v) is 16.6. The zero-order valence-electron chi connectivity index (χ0n) is 14.2. The summed E-state index contributed by atoms with van der Waals surface area (Å²) in [5.41, 5.74) is 2.52. The van der Waals surface area contributed by atoms with Crippen LogP contribution < -0.4 is 10.6 Å². The number of carbonyl (C=O) groups is 1. The summed E-state index contributed by atoms with van der Waals surface area (Å²) in [5.74, 6) is -0.104. The number of hydrogen-bond donors (Lipinski definition) is 2. The van der Waals surface area contributed by atoms with E-state index in [1.165, 1.54) is 23.1 Å². The quantitative estimate of drug-likeness (QED) is 0.541. The highest BCUT2D eigenvalue weighted by atomic mass is 35.5. The molecule has 0 unspecified atom stereocenters.